The molecule has 0 aliphatic carbocycles. The van der Waals surface area contributed by atoms with Crippen LogP contribution >= 0.6 is 0 Å². The minimum atomic E-state index is -2.93. The van der Waals surface area contributed by atoms with Crippen LogP contribution < -0.4 is 10.6 Å². The van der Waals surface area contributed by atoms with E-state index in [0.717, 1.165) is 13.0 Å². The molecule has 23 heavy (non-hydrogen) atoms. The number of hydrogen-bond acceptors (Lipinski definition) is 6. The monoisotopic (exact) mass is 340 g/mol. The van der Waals surface area contributed by atoms with Crippen LogP contribution in [0.5, 0.6) is 0 Å². The van der Waals surface area contributed by atoms with E-state index in [1.165, 1.54) is 6.20 Å². The molecule has 128 valence electrons. The number of carbonyl (C=O) groups excluding carboxylic acids is 1. The van der Waals surface area contributed by atoms with Gasteiger partial charge < -0.3 is 15.5 Å². The van der Waals surface area contributed by atoms with Gasteiger partial charge in [0.05, 0.1) is 22.8 Å². The van der Waals surface area contributed by atoms with Gasteiger partial charge in [0, 0.05) is 25.0 Å². The molecule has 1 aromatic heterocycles. The van der Waals surface area contributed by atoms with Crippen molar-refractivity contribution in [1.82, 2.24) is 15.2 Å². The van der Waals surface area contributed by atoms with E-state index in [1.54, 1.807) is 12.3 Å². The predicted octanol–water partition coefficient (Wildman–Crippen LogP) is 0.362. The molecule has 1 atom stereocenters. The van der Waals surface area contributed by atoms with E-state index in [1.807, 2.05) is 14.1 Å². The van der Waals surface area contributed by atoms with Gasteiger partial charge in [-0.2, -0.15) is 0 Å². The zero-order chi connectivity index (χ0) is 16.9. The molecule has 0 radical (unpaired) electrons. The summed E-state index contributed by atoms with van der Waals surface area (Å²) in [4.78, 5) is 18.2. The molecule has 2 heterocycles. The second-order valence-electron chi connectivity index (χ2n) is 6.12. The fraction of sp³-hybridized carbons (Fsp3) is 0.600. The molecular formula is C15H24N4O3S. The molecule has 7 nitrogen and oxygen atoms in total. The van der Waals surface area contributed by atoms with Crippen LogP contribution in [0.2, 0.25) is 0 Å². The molecule has 1 aliphatic rings. The molecule has 1 aromatic rings. The molecule has 0 spiro atoms. The van der Waals surface area contributed by atoms with Gasteiger partial charge in [0.1, 0.15) is 0 Å². The molecule has 1 aliphatic heterocycles. The molecule has 2 N–H and O–H groups in total. The molecule has 0 saturated carbocycles. The van der Waals surface area contributed by atoms with Crippen molar-refractivity contribution in [3.63, 3.8) is 0 Å². The fourth-order valence-electron chi connectivity index (χ4n) is 2.49. The lowest BCUT2D eigenvalue weighted by Gasteiger charge is -2.13. The number of hydrogen-bond donors (Lipinski definition) is 2. The van der Waals surface area contributed by atoms with Crippen LogP contribution in [0.15, 0.2) is 18.5 Å². The van der Waals surface area contributed by atoms with E-state index in [4.69, 9.17) is 0 Å². The summed E-state index contributed by atoms with van der Waals surface area (Å²) in [7, 11) is 1.05. The SMILES string of the molecule is CN(C)CCCNC(=O)c1cncc(NC2CCS(=O)(=O)C2)c1. The van der Waals surface area contributed by atoms with Gasteiger partial charge in [-0.1, -0.05) is 0 Å². The highest BCUT2D eigenvalue weighted by Gasteiger charge is 2.27. The number of sulfone groups is 1. The first kappa shape index (κ1) is 17.7. The van der Waals surface area contributed by atoms with Gasteiger partial charge >= 0.3 is 0 Å². The van der Waals surface area contributed by atoms with Crippen molar-refractivity contribution >= 4 is 21.4 Å². The lowest BCUT2D eigenvalue weighted by Crippen LogP contribution is -2.27. The summed E-state index contributed by atoms with van der Waals surface area (Å²) in [5.41, 5.74) is 1.15. The van der Waals surface area contributed by atoms with Crippen molar-refractivity contribution < 1.29 is 13.2 Å². The van der Waals surface area contributed by atoms with Crippen molar-refractivity contribution in [3.05, 3.63) is 24.0 Å². The quantitative estimate of drug-likeness (QED) is 0.697. The highest BCUT2D eigenvalue weighted by atomic mass is 32.2. The van der Waals surface area contributed by atoms with Gasteiger partial charge in [-0.25, -0.2) is 8.42 Å². The lowest BCUT2D eigenvalue weighted by molar-refractivity contribution is 0.0952. The van der Waals surface area contributed by atoms with Crippen LogP contribution in [-0.4, -0.2) is 68.9 Å². The summed E-state index contributed by atoms with van der Waals surface area (Å²) < 4.78 is 23.0. The van der Waals surface area contributed by atoms with E-state index in [0.29, 0.717) is 24.2 Å². The molecule has 2 rings (SSSR count). The topological polar surface area (TPSA) is 91.4 Å². The van der Waals surface area contributed by atoms with Crippen molar-refractivity contribution in [2.24, 2.45) is 0 Å². The third kappa shape index (κ3) is 5.80. The third-order valence-corrected chi connectivity index (χ3v) is 5.44. The lowest BCUT2D eigenvalue weighted by atomic mass is 10.2. The predicted molar refractivity (Wildman–Crippen MR) is 90.4 cm³/mol. The Bertz CT molecular complexity index is 646. The number of nitrogens with one attached hydrogen (secondary N) is 2. The van der Waals surface area contributed by atoms with E-state index in [-0.39, 0.29) is 23.5 Å². The van der Waals surface area contributed by atoms with Crippen molar-refractivity contribution in [2.45, 2.75) is 18.9 Å². The summed E-state index contributed by atoms with van der Waals surface area (Å²) in [5, 5.41) is 6.00. The zero-order valence-corrected chi connectivity index (χ0v) is 14.4. The third-order valence-electron chi connectivity index (χ3n) is 3.67. The summed E-state index contributed by atoms with van der Waals surface area (Å²) in [6, 6.07) is 1.60. The normalized spacial score (nSPS) is 19.7. The first-order chi connectivity index (χ1) is 10.9. The highest BCUT2D eigenvalue weighted by Crippen LogP contribution is 2.17. The molecule has 8 heteroatoms. The van der Waals surface area contributed by atoms with E-state index in [9.17, 15) is 13.2 Å². The molecular weight excluding hydrogens is 316 g/mol. The maximum atomic E-state index is 12.1. The van der Waals surface area contributed by atoms with Gasteiger partial charge in [0.25, 0.3) is 5.91 Å². The Hall–Kier alpha value is -1.67. The second kappa shape index (κ2) is 7.74. The number of amides is 1. The average molecular weight is 340 g/mol. The number of rotatable bonds is 7. The molecule has 1 fully saturated rings. The Balaban J connectivity index is 1.88. The molecule has 1 amide bonds. The van der Waals surface area contributed by atoms with Crippen LogP contribution in [0.25, 0.3) is 0 Å². The van der Waals surface area contributed by atoms with E-state index < -0.39 is 9.84 Å². The largest absolute Gasteiger partial charge is 0.380 e. The Morgan fingerprint density at radius 1 is 1.39 bits per heavy atom. The minimum Gasteiger partial charge on any atom is -0.380 e. The fourth-order valence-corrected chi connectivity index (χ4v) is 4.16. The minimum absolute atomic E-state index is 0.111. The van der Waals surface area contributed by atoms with E-state index >= 15 is 0 Å². The van der Waals surface area contributed by atoms with Crippen molar-refractivity contribution in [3.8, 4) is 0 Å². The van der Waals surface area contributed by atoms with Gasteiger partial charge in [-0.05, 0) is 39.5 Å². The summed E-state index contributed by atoms with van der Waals surface area (Å²) in [6.07, 6.45) is 4.58. The summed E-state index contributed by atoms with van der Waals surface area (Å²) in [5.74, 6) is 0.178. The number of pyridine rings is 1. The van der Waals surface area contributed by atoms with Gasteiger partial charge in [0.2, 0.25) is 0 Å². The Morgan fingerprint density at radius 3 is 2.83 bits per heavy atom. The van der Waals surface area contributed by atoms with Gasteiger partial charge in [-0.15, -0.1) is 0 Å². The Labute approximate surface area is 137 Å². The average Bonchev–Trinajstić information content (AvgIpc) is 2.82. The highest BCUT2D eigenvalue weighted by molar-refractivity contribution is 7.91. The van der Waals surface area contributed by atoms with Crippen LogP contribution in [-0.2, 0) is 9.84 Å². The van der Waals surface area contributed by atoms with Crippen molar-refractivity contribution in [1.29, 1.82) is 0 Å². The first-order valence-corrected chi connectivity index (χ1v) is 9.53. The Kier molecular flexibility index (Phi) is 5.95. The maximum absolute atomic E-state index is 12.1. The Morgan fingerprint density at radius 2 is 2.17 bits per heavy atom. The number of nitrogens with zero attached hydrogens (tertiary/aromatic N) is 2. The summed E-state index contributed by atoms with van der Waals surface area (Å²) in [6.45, 7) is 1.52. The number of anilines is 1. The molecule has 1 unspecified atom stereocenters. The molecule has 1 saturated heterocycles. The summed E-state index contributed by atoms with van der Waals surface area (Å²) >= 11 is 0. The van der Waals surface area contributed by atoms with Gasteiger partial charge in [-0.3, -0.25) is 9.78 Å². The van der Waals surface area contributed by atoms with E-state index in [2.05, 4.69) is 20.5 Å². The van der Waals surface area contributed by atoms with Crippen LogP contribution in [0.4, 0.5) is 5.69 Å². The molecule has 0 aromatic carbocycles. The smallest absolute Gasteiger partial charge is 0.252 e. The second-order valence-corrected chi connectivity index (χ2v) is 8.35. The van der Waals surface area contributed by atoms with Crippen LogP contribution in [0, 0.1) is 0 Å². The molecule has 0 bridgehead atoms. The maximum Gasteiger partial charge on any atom is 0.252 e. The number of aromatic nitrogens is 1. The first-order valence-electron chi connectivity index (χ1n) is 7.71. The van der Waals surface area contributed by atoms with Crippen molar-refractivity contribution in [2.75, 3.05) is 44.0 Å². The zero-order valence-electron chi connectivity index (χ0n) is 13.6. The number of carbonyl (C=O) groups is 1. The van der Waals surface area contributed by atoms with Crippen LogP contribution in [0.1, 0.15) is 23.2 Å². The standard InChI is InChI=1S/C15H24N4O3S/c1-19(2)6-3-5-17-15(20)12-8-14(10-16-9-12)18-13-4-7-23(21,22)11-13/h8-10,13,18H,3-7,11H2,1-2H3,(H,17,20). The van der Waals surface area contributed by atoms with Gasteiger partial charge in [0.15, 0.2) is 9.84 Å². The van der Waals surface area contributed by atoms with Crippen LogP contribution in [0.3, 0.4) is 0 Å².